The van der Waals surface area contributed by atoms with E-state index in [2.05, 4.69) is 10.6 Å². The largest absolute Gasteiger partial charge is 0.509 e. The predicted octanol–water partition coefficient (Wildman–Crippen LogP) is 10.2. The molecule has 0 fully saturated rings. The average molecular weight is 891 g/mol. The molecule has 10 nitrogen and oxygen atoms in total. The van der Waals surface area contributed by atoms with E-state index in [0.29, 0.717) is 46.2 Å². The van der Waals surface area contributed by atoms with Gasteiger partial charge < -0.3 is 30.0 Å². The van der Waals surface area contributed by atoms with Crippen molar-refractivity contribution < 1.29 is 64.8 Å². The lowest BCUT2D eigenvalue weighted by Gasteiger charge is -2.25. The van der Waals surface area contributed by atoms with E-state index in [1.807, 2.05) is 13.8 Å². The molecule has 2 amide bonds. The van der Waals surface area contributed by atoms with Gasteiger partial charge in [0, 0.05) is 5.41 Å². The van der Waals surface area contributed by atoms with Crippen molar-refractivity contribution in [3.63, 3.8) is 0 Å². The van der Waals surface area contributed by atoms with Crippen molar-refractivity contribution in [1.29, 1.82) is 0 Å². The molecule has 0 bridgehead atoms. The van der Waals surface area contributed by atoms with Gasteiger partial charge in [0.05, 0.1) is 27.6 Å². The van der Waals surface area contributed by atoms with Crippen LogP contribution in [-0.4, -0.2) is 64.8 Å². The average Bonchev–Trinajstić information content (AvgIpc) is 3.43. The molecule has 0 unspecified atom stereocenters. The van der Waals surface area contributed by atoms with Gasteiger partial charge in [0.1, 0.15) is 23.0 Å². The Kier molecular flexibility index (Phi) is 16.4. The predicted molar refractivity (Wildman–Crippen MR) is 221 cm³/mol. The number of aryl methyl sites for hydroxylation is 4. The van der Waals surface area contributed by atoms with Gasteiger partial charge in [-0.1, -0.05) is 34.6 Å². The summed E-state index contributed by atoms with van der Waals surface area (Å²) in [5.74, 6) is -1.01. The van der Waals surface area contributed by atoms with Crippen LogP contribution in [0.1, 0.15) is 116 Å². The molecular weight excluding hydrogens is 834 g/mol. The summed E-state index contributed by atoms with van der Waals surface area (Å²) >= 11 is 5.11. The monoisotopic (exact) mass is 890 g/mol. The SMILES string of the molecule is CC(C)(C)C(=O)Cl.CCc1cc(OCC(F)(F)F)cc(C)c1C1=C(O)C(C)(C)NC1=O.CCc1cc(OCC(F)(F)F)cc(C)c1C1=C(OC(=O)C(C)(C)C)C(C)(C)NC1=O. The fourth-order valence-corrected chi connectivity index (χ4v) is 5.95. The van der Waals surface area contributed by atoms with E-state index in [1.165, 1.54) is 24.3 Å². The molecule has 0 spiro atoms. The van der Waals surface area contributed by atoms with Crippen LogP contribution in [0, 0.1) is 24.7 Å². The van der Waals surface area contributed by atoms with Crippen LogP contribution in [-0.2, 0) is 36.8 Å². The van der Waals surface area contributed by atoms with Crippen molar-refractivity contribution in [2.24, 2.45) is 10.8 Å². The zero-order valence-corrected chi connectivity index (χ0v) is 37.8. The Morgan fingerprint density at radius 2 is 1.03 bits per heavy atom. The Bertz CT molecular complexity index is 2070. The van der Waals surface area contributed by atoms with Gasteiger partial charge in [0.2, 0.25) is 5.24 Å². The molecule has 2 aromatic rings. The number of hydrogen-bond donors (Lipinski definition) is 3. The molecule has 17 heteroatoms. The van der Waals surface area contributed by atoms with Gasteiger partial charge in [-0.25, -0.2) is 0 Å². The molecule has 0 atom stereocenters. The minimum atomic E-state index is -4.45. The van der Waals surface area contributed by atoms with Gasteiger partial charge in [-0.15, -0.1) is 0 Å². The quantitative estimate of drug-likeness (QED) is 0.128. The summed E-state index contributed by atoms with van der Waals surface area (Å²) in [6.45, 7) is 21.5. The number of halogens is 7. The second-order valence-corrected chi connectivity index (χ2v) is 18.2. The molecule has 0 saturated carbocycles. The number of amides is 2. The maximum atomic E-state index is 12.9. The summed E-state index contributed by atoms with van der Waals surface area (Å²) < 4.78 is 89.9. The first-order valence-corrected chi connectivity index (χ1v) is 19.8. The van der Waals surface area contributed by atoms with Gasteiger partial charge >= 0.3 is 18.3 Å². The van der Waals surface area contributed by atoms with Crippen molar-refractivity contribution in [3.05, 3.63) is 69.2 Å². The number of benzene rings is 2. The highest BCUT2D eigenvalue weighted by molar-refractivity contribution is 6.64. The molecule has 3 N–H and O–H groups in total. The Balaban J connectivity index is 0.000000369. The van der Waals surface area contributed by atoms with Crippen LogP contribution in [0.4, 0.5) is 26.3 Å². The van der Waals surface area contributed by atoms with E-state index < -0.39 is 59.8 Å². The van der Waals surface area contributed by atoms with E-state index in [4.69, 9.17) is 25.8 Å². The molecule has 2 aromatic carbocycles. The third kappa shape index (κ3) is 14.2. The van der Waals surface area contributed by atoms with Gasteiger partial charge in [-0.2, -0.15) is 26.3 Å². The molecule has 0 radical (unpaired) electrons. The third-order valence-corrected chi connectivity index (χ3v) is 9.74. The lowest BCUT2D eigenvalue weighted by Crippen LogP contribution is -2.40. The number of carbonyl (C=O) groups is 4. The topological polar surface area (TPSA) is 140 Å². The normalized spacial score (nSPS) is 16.2. The number of aliphatic hydroxyl groups excluding tert-OH is 1. The third-order valence-electron chi connectivity index (χ3n) is 9.17. The Morgan fingerprint density at radius 1 is 0.672 bits per heavy atom. The van der Waals surface area contributed by atoms with E-state index in [-0.39, 0.29) is 44.8 Å². The first-order chi connectivity index (χ1) is 27.5. The highest BCUT2D eigenvalue weighted by Crippen LogP contribution is 2.40. The van der Waals surface area contributed by atoms with Crippen LogP contribution in [0.2, 0.25) is 0 Å². The number of hydrogen-bond acceptors (Lipinski definition) is 8. The van der Waals surface area contributed by atoms with Crippen molar-refractivity contribution in [2.75, 3.05) is 13.2 Å². The number of alkyl halides is 6. The van der Waals surface area contributed by atoms with Crippen LogP contribution >= 0.6 is 11.6 Å². The van der Waals surface area contributed by atoms with Crippen LogP contribution in [0.5, 0.6) is 11.5 Å². The Labute approximate surface area is 358 Å². The van der Waals surface area contributed by atoms with Gasteiger partial charge in [0.25, 0.3) is 11.8 Å². The Morgan fingerprint density at radius 3 is 1.34 bits per heavy atom. The molecule has 61 heavy (non-hydrogen) atoms. The fraction of sp³-hybridized carbons (Fsp3) is 0.545. The van der Waals surface area contributed by atoms with Crippen LogP contribution in [0.3, 0.4) is 0 Å². The first-order valence-electron chi connectivity index (χ1n) is 19.4. The minimum Gasteiger partial charge on any atom is -0.509 e. The molecule has 2 aliphatic rings. The second kappa shape index (κ2) is 19.1. The van der Waals surface area contributed by atoms with Crippen LogP contribution in [0.25, 0.3) is 11.1 Å². The van der Waals surface area contributed by atoms with Crippen LogP contribution in [0.15, 0.2) is 35.8 Å². The van der Waals surface area contributed by atoms with Crippen molar-refractivity contribution in [1.82, 2.24) is 10.6 Å². The molecule has 2 heterocycles. The number of esters is 1. The number of nitrogens with one attached hydrogen (secondary N) is 2. The molecule has 0 aliphatic carbocycles. The molecule has 0 saturated heterocycles. The zero-order valence-electron chi connectivity index (χ0n) is 37.1. The lowest BCUT2D eigenvalue weighted by molar-refractivity contribution is -0.154. The lowest BCUT2D eigenvalue weighted by atomic mass is 9.90. The molecule has 0 aromatic heterocycles. The number of aliphatic hydroxyl groups is 1. The first kappa shape index (κ1) is 52.4. The Hall–Kier alpha value is -4.73. The minimum absolute atomic E-state index is 0.0666. The molecular formula is C44H57ClF6N2O8. The van der Waals surface area contributed by atoms with Gasteiger partial charge in [0.15, 0.2) is 13.2 Å². The highest BCUT2D eigenvalue weighted by atomic mass is 35.5. The maximum Gasteiger partial charge on any atom is 0.422 e. The smallest absolute Gasteiger partial charge is 0.422 e. The van der Waals surface area contributed by atoms with Crippen LogP contribution < -0.4 is 20.1 Å². The number of ether oxygens (including phenoxy) is 3. The summed E-state index contributed by atoms with van der Waals surface area (Å²) in [5.41, 5.74) is 0.894. The molecule has 2 aliphatic heterocycles. The summed E-state index contributed by atoms with van der Waals surface area (Å²) in [4.78, 5) is 47.9. The summed E-state index contributed by atoms with van der Waals surface area (Å²) in [7, 11) is 0. The zero-order chi connectivity index (χ0) is 47.4. The van der Waals surface area contributed by atoms with Gasteiger partial charge in [-0.05, 0) is 144 Å². The van der Waals surface area contributed by atoms with E-state index in [0.717, 1.165) is 0 Å². The van der Waals surface area contributed by atoms with Gasteiger partial charge in [-0.3, -0.25) is 19.2 Å². The van der Waals surface area contributed by atoms with E-state index >= 15 is 0 Å². The summed E-state index contributed by atoms with van der Waals surface area (Å²) in [5, 5.41) is 15.6. The number of carbonyl (C=O) groups excluding carboxylic acids is 4. The molecule has 340 valence electrons. The van der Waals surface area contributed by atoms with Crippen molar-refractivity contribution in [2.45, 2.75) is 133 Å². The van der Waals surface area contributed by atoms with Crippen molar-refractivity contribution in [3.8, 4) is 11.5 Å². The highest BCUT2D eigenvalue weighted by Gasteiger charge is 2.44. The van der Waals surface area contributed by atoms with E-state index in [1.54, 1.807) is 83.1 Å². The standard InChI is InChI=1S/C22H28F3NO4.C17H20F3NO3.C5H9ClO/c1-8-13-10-14(29-11-22(23,24)25)9-12(2)15(13)16-17(21(6,7)26-18(16)27)30-19(28)20(3,4)5;1-5-10-7-11(24-8-17(18,19)20)6-9(2)12(10)13-14(22)16(3,4)21-15(13)23;1-5(2,3)4(6)7/h9-10H,8,11H2,1-7H3,(H,26,27);6-7,22H,5,8H2,1-4H3,(H,21,23);1-3H3. The maximum absolute atomic E-state index is 12.9. The number of rotatable bonds is 9. The molecule has 4 rings (SSSR count). The second-order valence-electron chi connectivity index (χ2n) is 17.8. The summed E-state index contributed by atoms with van der Waals surface area (Å²) in [6.07, 6.45) is -7.96. The fourth-order valence-electron chi connectivity index (χ4n) is 5.95. The van der Waals surface area contributed by atoms with E-state index in [9.17, 15) is 50.6 Å². The van der Waals surface area contributed by atoms with Crippen molar-refractivity contribution >= 4 is 45.8 Å². The summed E-state index contributed by atoms with van der Waals surface area (Å²) in [6, 6.07) is 5.87.